The van der Waals surface area contributed by atoms with Gasteiger partial charge in [0.2, 0.25) is 10.0 Å². The maximum Gasteiger partial charge on any atom is 0.245 e. The van der Waals surface area contributed by atoms with Gasteiger partial charge in [0.1, 0.15) is 10.7 Å². The molecule has 0 unspecified atom stereocenters. The van der Waals surface area contributed by atoms with Crippen molar-refractivity contribution in [3.8, 4) is 0 Å². The highest BCUT2D eigenvalue weighted by Crippen LogP contribution is 2.36. The third-order valence-corrected chi connectivity index (χ3v) is 5.58. The maximum absolute atomic E-state index is 13.7. The molecule has 0 amide bonds. The fourth-order valence-electron chi connectivity index (χ4n) is 2.48. The Bertz CT molecular complexity index is 577. The van der Waals surface area contributed by atoms with Crippen molar-refractivity contribution in [2.45, 2.75) is 29.7 Å². The van der Waals surface area contributed by atoms with E-state index in [0.29, 0.717) is 0 Å². The molecule has 0 atom stereocenters. The van der Waals surface area contributed by atoms with Crippen LogP contribution in [0.25, 0.3) is 0 Å². The Labute approximate surface area is 119 Å². The molecule has 112 valence electrons. The lowest BCUT2D eigenvalue weighted by Gasteiger charge is -2.47. The Morgan fingerprint density at radius 2 is 2.05 bits per heavy atom. The molecule has 1 aromatic rings. The molecule has 1 saturated carbocycles. The number of hydrogen-bond donors (Lipinski definition) is 2. The number of sulfonamides is 1. The van der Waals surface area contributed by atoms with Crippen LogP contribution in [0.3, 0.4) is 0 Å². The third-order valence-electron chi connectivity index (χ3n) is 4.09. The van der Waals surface area contributed by atoms with Crippen molar-refractivity contribution in [2.75, 3.05) is 26.4 Å². The lowest BCUT2D eigenvalue weighted by molar-refractivity contribution is 0.0656. The first-order chi connectivity index (χ1) is 9.28. The molecule has 1 aromatic carbocycles. The van der Waals surface area contributed by atoms with E-state index in [1.54, 1.807) is 0 Å². The summed E-state index contributed by atoms with van der Waals surface area (Å²) in [6.45, 7) is 0.260. The molecule has 7 heteroatoms. The van der Waals surface area contributed by atoms with E-state index in [4.69, 9.17) is 5.73 Å². The van der Waals surface area contributed by atoms with Gasteiger partial charge in [0.25, 0.3) is 0 Å². The van der Waals surface area contributed by atoms with Crippen molar-refractivity contribution in [3.63, 3.8) is 0 Å². The average molecular weight is 301 g/mol. The molecule has 1 aliphatic rings. The number of nitrogens with zero attached hydrogens (tertiary/aromatic N) is 1. The zero-order chi connectivity index (χ0) is 15.0. The molecule has 0 aliphatic heterocycles. The van der Waals surface area contributed by atoms with Crippen LogP contribution in [0.1, 0.15) is 19.3 Å². The molecule has 0 heterocycles. The first-order valence-electron chi connectivity index (χ1n) is 6.50. The lowest BCUT2D eigenvalue weighted by atomic mass is 9.76. The molecule has 20 heavy (non-hydrogen) atoms. The van der Waals surface area contributed by atoms with Crippen molar-refractivity contribution in [1.29, 1.82) is 0 Å². The van der Waals surface area contributed by atoms with Crippen LogP contribution in [0.4, 0.5) is 10.1 Å². The molecule has 0 spiro atoms. The maximum atomic E-state index is 13.7. The minimum absolute atomic E-state index is 0.0787. The smallest absolute Gasteiger partial charge is 0.245 e. The molecule has 1 fully saturated rings. The van der Waals surface area contributed by atoms with Gasteiger partial charge in [0.15, 0.2) is 0 Å². The zero-order valence-electron chi connectivity index (χ0n) is 11.7. The van der Waals surface area contributed by atoms with Gasteiger partial charge < -0.3 is 10.6 Å². The summed E-state index contributed by atoms with van der Waals surface area (Å²) in [4.78, 5) is 1.55. The minimum atomic E-state index is -3.94. The number of likely N-dealkylation sites (N-methyl/N-ethyl adjacent to an activating group) is 1. The van der Waals surface area contributed by atoms with Gasteiger partial charge in [-0.3, -0.25) is 0 Å². The second-order valence-electron chi connectivity index (χ2n) is 5.46. The van der Waals surface area contributed by atoms with Gasteiger partial charge in [-0.25, -0.2) is 17.5 Å². The van der Waals surface area contributed by atoms with Crippen LogP contribution < -0.4 is 10.5 Å². The van der Waals surface area contributed by atoms with Crippen LogP contribution in [0, 0.1) is 5.82 Å². The van der Waals surface area contributed by atoms with Crippen LogP contribution in [-0.4, -0.2) is 39.5 Å². The molecule has 1 aliphatic carbocycles. The lowest BCUT2D eigenvalue weighted by Crippen LogP contribution is -2.57. The van der Waals surface area contributed by atoms with E-state index in [1.165, 1.54) is 12.1 Å². The predicted octanol–water partition coefficient (Wildman–Crippen LogP) is 1.17. The van der Waals surface area contributed by atoms with Crippen molar-refractivity contribution in [2.24, 2.45) is 0 Å². The highest BCUT2D eigenvalue weighted by molar-refractivity contribution is 7.89. The van der Waals surface area contributed by atoms with Crippen molar-refractivity contribution in [1.82, 2.24) is 9.62 Å². The van der Waals surface area contributed by atoms with Crippen LogP contribution in [0.15, 0.2) is 23.1 Å². The van der Waals surface area contributed by atoms with E-state index in [1.807, 2.05) is 19.0 Å². The molecule has 2 rings (SSSR count). The Hall–Kier alpha value is -1.18. The van der Waals surface area contributed by atoms with Crippen molar-refractivity contribution >= 4 is 15.7 Å². The van der Waals surface area contributed by atoms with E-state index >= 15 is 0 Å². The largest absolute Gasteiger partial charge is 0.398 e. The molecule has 0 saturated heterocycles. The third kappa shape index (κ3) is 2.65. The van der Waals surface area contributed by atoms with Crippen LogP contribution in [0.2, 0.25) is 0 Å². The first kappa shape index (κ1) is 15.2. The van der Waals surface area contributed by atoms with Crippen molar-refractivity contribution < 1.29 is 12.8 Å². The fourth-order valence-corrected chi connectivity index (χ4v) is 3.78. The van der Waals surface area contributed by atoms with Gasteiger partial charge >= 0.3 is 0 Å². The Morgan fingerprint density at radius 1 is 1.40 bits per heavy atom. The molecule has 0 aromatic heterocycles. The monoisotopic (exact) mass is 301 g/mol. The van der Waals surface area contributed by atoms with E-state index in [9.17, 15) is 12.8 Å². The summed E-state index contributed by atoms with van der Waals surface area (Å²) >= 11 is 0. The average Bonchev–Trinajstić information content (AvgIpc) is 2.25. The predicted molar refractivity (Wildman–Crippen MR) is 76.3 cm³/mol. The normalized spacial score (nSPS) is 18.0. The number of halogens is 1. The number of nitrogen functional groups attached to an aromatic ring is 1. The van der Waals surface area contributed by atoms with E-state index in [-0.39, 0.29) is 17.8 Å². The first-order valence-corrected chi connectivity index (χ1v) is 7.98. The van der Waals surface area contributed by atoms with Gasteiger partial charge in [-0.2, -0.15) is 0 Å². The second-order valence-corrected chi connectivity index (χ2v) is 7.16. The summed E-state index contributed by atoms with van der Waals surface area (Å²) < 4.78 is 40.7. The van der Waals surface area contributed by atoms with Crippen molar-refractivity contribution in [3.05, 3.63) is 24.0 Å². The molecule has 5 nitrogen and oxygen atoms in total. The Morgan fingerprint density at radius 3 is 2.50 bits per heavy atom. The number of hydrogen-bond acceptors (Lipinski definition) is 4. The molecular weight excluding hydrogens is 281 g/mol. The summed E-state index contributed by atoms with van der Waals surface area (Å²) in [6, 6.07) is 3.86. The highest BCUT2D eigenvalue weighted by atomic mass is 32.2. The standard InChI is InChI=1S/C13H20FN3O2S/c1-17(2)13(7-4-8-13)9-16-20(18,19)12-10(14)5-3-6-11(12)15/h3,5-6,16H,4,7-9,15H2,1-2H3. The summed E-state index contributed by atoms with van der Waals surface area (Å²) in [7, 11) is -0.0981. The topological polar surface area (TPSA) is 75.4 Å². The fraction of sp³-hybridized carbons (Fsp3) is 0.538. The second kappa shape index (κ2) is 5.31. The Kier molecular flexibility index (Phi) is 4.04. The van der Waals surface area contributed by atoms with E-state index in [0.717, 1.165) is 25.3 Å². The summed E-state index contributed by atoms with van der Waals surface area (Å²) in [5.41, 5.74) is 5.33. The summed E-state index contributed by atoms with van der Waals surface area (Å²) in [5.74, 6) is -0.829. The van der Waals surface area contributed by atoms with E-state index in [2.05, 4.69) is 4.72 Å². The number of anilines is 1. The SMILES string of the molecule is CN(C)C1(CNS(=O)(=O)c2c(N)cccc2F)CCC1. The van der Waals surface area contributed by atoms with Crippen LogP contribution in [0.5, 0.6) is 0 Å². The van der Waals surface area contributed by atoms with Gasteiger partial charge in [0, 0.05) is 12.1 Å². The van der Waals surface area contributed by atoms with Crippen LogP contribution >= 0.6 is 0 Å². The van der Waals surface area contributed by atoms with Gasteiger partial charge in [-0.05, 0) is 45.5 Å². The highest BCUT2D eigenvalue weighted by Gasteiger charge is 2.40. The minimum Gasteiger partial charge on any atom is -0.398 e. The van der Waals surface area contributed by atoms with Gasteiger partial charge in [-0.1, -0.05) is 6.07 Å². The zero-order valence-corrected chi connectivity index (χ0v) is 12.5. The van der Waals surface area contributed by atoms with E-state index < -0.39 is 20.7 Å². The molecule has 3 N–H and O–H groups in total. The van der Waals surface area contributed by atoms with Gasteiger partial charge in [-0.15, -0.1) is 0 Å². The summed E-state index contributed by atoms with van der Waals surface area (Å²) in [6.07, 6.45) is 2.92. The van der Waals surface area contributed by atoms with Crippen LogP contribution in [-0.2, 0) is 10.0 Å². The molecular formula is C13H20FN3O2S. The number of nitrogens with one attached hydrogen (secondary N) is 1. The summed E-state index contributed by atoms with van der Waals surface area (Å²) in [5, 5.41) is 0. The molecule has 0 bridgehead atoms. The number of nitrogens with two attached hydrogens (primary N) is 1. The van der Waals surface area contributed by atoms with Gasteiger partial charge in [0.05, 0.1) is 5.69 Å². The molecule has 0 radical (unpaired) electrons. The quantitative estimate of drug-likeness (QED) is 0.801. The Balaban J connectivity index is 2.20. The number of rotatable bonds is 5. The number of benzene rings is 1.